The minimum Gasteiger partial charge on any atom is -0.0619 e. The molecule has 0 nitrogen and oxygen atoms in total. The van der Waals surface area contributed by atoms with Crippen LogP contribution in [0.2, 0.25) is 0 Å². The quantitative estimate of drug-likeness (QED) is 0.614. The summed E-state index contributed by atoms with van der Waals surface area (Å²) in [5, 5.41) is 0. The summed E-state index contributed by atoms with van der Waals surface area (Å²) in [7, 11) is 0. The monoisotopic (exact) mass is 260 g/mol. The Kier molecular flexibility index (Phi) is 3.36. The molecule has 0 radical (unpaired) electrons. The number of hydrogen-bond acceptors (Lipinski definition) is 0. The molecule has 1 unspecified atom stereocenters. The van der Waals surface area contributed by atoms with Gasteiger partial charge in [0.25, 0.3) is 0 Å². The van der Waals surface area contributed by atoms with Crippen molar-refractivity contribution < 1.29 is 0 Å². The molecular weight excluding hydrogens is 240 g/mol. The average Bonchev–Trinajstić information content (AvgIpc) is 2.83. The standard InChI is InChI=1S/C20H20/c1-14-4-7-17(8-5-14)9-11-18-10-6-16(3)19-12-15(2)13-20(18)19/h4-8,10,15H,12-13H2,1-3H3. The highest BCUT2D eigenvalue weighted by Gasteiger charge is 2.21. The van der Waals surface area contributed by atoms with E-state index >= 15 is 0 Å². The molecule has 3 rings (SSSR count). The molecule has 20 heavy (non-hydrogen) atoms. The van der Waals surface area contributed by atoms with Crippen molar-refractivity contribution >= 4 is 0 Å². The molecule has 0 amide bonds. The summed E-state index contributed by atoms with van der Waals surface area (Å²) in [5.74, 6) is 7.44. The molecule has 1 aliphatic rings. The second kappa shape index (κ2) is 5.17. The van der Waals surface area contributed by atoms with E-state index in [0.29, 0.717) is 0 Å². The Morgan fingerprint density at radius 2 is 1.55 bits per heavy atom. The lowest BCUT2D eigenvalue weighted by Gasteiger charge is -2.05. The van der Waals surface area contributed by atoms with Crippen LogP contribution >= 0.6 is 0 Å². The van der Waals surface area contributed by atoms with Crippen LogP contribution in [0.1, 0.15) is 40.3 Å². The molecular formula is C20H20. The van der Waals surface area contributed by atoms with Crippen molar-refractivity contribution in [3.8, 4) is 11.8 Å². The molecule has 100 valence electrons. The first kappa shape index (κ1) is 13.0. The van der Waals surface area contributed by atoms with Gasteiger partial charge in [0, 0.05) is 11.1 Å². The number of hydrogen-bond donors (Lipinski definition) is 0. The van der Waals surface area contributed by atoms with Crippen LogP contribution in [-0.2, 0) is 12.8 Å². The summed E-state index contributed by atoms with van der Waals surface area (Å²) in [6.07, 6.45) is 2.39. The summed E-state index contributed by atoms with van der Waals surface area (Å²) in [4.78, 5) is 0. The van der Waals surface area contributed by atoms with Crippen molar-refractivity contribution in [2.45, 2.75) is 33.6 Å². The third-order valence-electron chi connectivity index (χ3n) is 4.16. The lowest BCUT2D eigenvalue weighted by molar-refractivity contribution is 0.626. The van der Waals surface area contributed by atoms with Crippen molar-refractivity contribution in [1.29, 1.82) is 0 Å². The molecule has 0 saturated carbocycles. The SMILES string of the molecule is Cc1ccc(C#Cc2ccc(C)c3c2CC(C)C3)cc1. The lowest BCUT2D eigenvalue weighted by atomic mass is 9.99. The van der Waals surface area contributed by atoms with E-state index in [0.717, 1.165) is 11.5 Å². The van der Waals surface area contributed by atoms with Crippen LogP contribution in [0.15, 0.2) is 36.4 Å². The smallest absolute Gasteiger partial charge is 0.0284 e. The van der Waals surface area contributed by atoms with Crippen LogP contribution in [0.3, 0.4) is 0 Å². The maximum atomic E-state index is 3.38. The van der Waals surface area contributed by atoms with E-state index in [-0.39, 0.29) is 0 Å². The zero-order chi connectivity index (χ0) is 14.1. The number of fused-ring (bicyclic) bond motifs is 1. The van der Waals surface area contributed by atoms with E-state index in [1.807, 2.05) is 0 Å². The van der Waals surface area contributed by atoms with Crippen molar-refractivity contribution in [1.82, 2.24) is 0 Å². The van der Waals surface area contributed by atoms with Gasteiger partial charge in [-0.15, -0.1) is 0 Å². The van der Waals surface area contributed by atoms with E-state index in [2.05, 4.69) is 69.0 Å². The zero-order valence-electron chi connectivity index (χ0n) is 12.5. The molecule has 0 fully saturated rings. The molecule has 1 atom stereocenters. The fraction of sp³-hybridized carbons (Fsp3) is 0.300. The largest absolute Gasteiger partial charge is 0.0619 e. The fourth-order valence-corrected chi connectivity index (χ4v) is 2.99. The van der Waals surface area contributed by atoms with Crippen LogP contribution in [0.25, 0.3) is 0 Å². The highest BCUT2D eigenvalue weighted by Crippen LogP contribution is 2.31. The first-order valence-electron chi connectivity index (χ1n) is 7.33. The van der Waals surface area contributed by atoms with Gasteiger partial charge in [-0.05, 0) is 67.5 Å². The third kappa shape index (κ3) is 2.49. The van der Waals surface area contributed by atoms with Crippen molar-refractivity contribution in [3.05, 3.63) is 69.8 Å². The second-order valence-corrected chi connectivity index (χ2v) is 6.02. The van der Waals surface area contributed by atoms with Crippen LogP contribution in [0.5, 0.6) is 0 Å². The second-order valence-electron chi connectivity index (χ2n) is 6.02. The van der Waals surface area contributed by atoms with E-state index in [1.165, 1.54) is 40.7 Å². The van der Waals surface area contributed by atoms with E-state index in [9.17, 15) is 0 Å². The molecule has 1 aliphatic carbocycles. The topological polar surface area (TPSA) is 0 Å². The summed E-state index contributed by atoms with van der Waals surface area (Å²) < 4.78 is 0. The van der Waals surface area contributed by atoms with Gasteiger partial charge in [-0.2, -0.15) is 0 Å². The highest BCUT2D eigenvalue weighted by molar-refractivity contribution is 5.53. The number of benzene rings is 2. The average molecular weight is 260 g/mol. The fourth-order valence-electron chi connectivity index (χ4n) is 2.99. The predicted molar refractivity (Wildman–Crippen MR) is 84.9 cm³/mol. The minimum absolute atomic E-state index is 0.756. The van der Waals surface area contributed by atoms with Gasteiger partial charge in [-0.3, -0.25) is 0 Å². The summed E-state index contributed by atoms with van der Waals surface area (Å²) in [6, 6.07) is 12.8. The van der Waals surface area contributed by atoms with Crippen molar-refractivity contribution in [2.24, 2.45) is 5.92 Å². The van der Waals surface area contributed by atoms with Crippen LogP contribution < -0.4 is 0 Å². The Balaban J connectivity index is 1.97. The third-order valence-corrected chi connectivity index (χ3v) is 4.16. The Bertz CT molecular complexity index is 693. The first-order valence-corrected chi connectivity index (χ1v) is 7.33. The maximum absolute atomic E-state index is 3.38. The molecule has 0 saturated heterocycles. The Morgan fingerprint density at radius 1 is 0.850 bits per heavy atom. The van der Waals surface area contributed by atoms with Crippen molar-refractivity contribution in [2.75, 3.05) is 0 Å². The predicted octanol–water partition coefficient (Wildman–Crippen LogP) is 4.44. The van der Waals surface area contributed by atoms with Crippen LogP contribution in [0, 0.1) is 31.6 Å². The van der Waals surface area contributed by atoms with Gasteiger partial charge in [0.2, 0.25) is 0 Å². The summed E-state index contributed by atoms with van der Waals surface area (Å²) in [6.45, 7) is 6.65. The molecule has 0 aromatic heterocycles. The Labute approximate surface area is 121 Å². The van der Waals surface area contributed by atoms with Crippen LogP contribution in [-0.4, -0.2) is 0 Å². The van der Waals surface area contributed by atoms with E-state index < -0.39 is 0 Å². The molecule has 0 N–H and O–H groups in total. The normalized spacial score (nSPS) is 16.4. The van der Waals surface area contributed by atoms with Crippen molar-refractivity contribution in [3.63, 3.8) is 0 Å². The summed E-state index contributed by atoms with van der Waals surface area (Å²) in [5.41, 5.74) is 8.03. The Morgan fingerprint density at radius 3 is 2.30 bits per heavy atom. The molecule has 0 heterocycles. The van der Waals surface area contributed by atoms with Gasteiger partial charge in [-0.25, -0.2) is 0 Å². The van der Waals surface area contributed by atoms with E-state index in [4.69, 9.17) is 0 Å². The van der Waals surface area contributed by atoms with Gasteiger partial charge in [0.05, 0.1) is 0 Å². The maximum Gasteiger partial charge on any atom is 0.0284 e. The molecule has 0 aliphatic heterocycles. The van der Waals surface area contributed by atoms with E-state index in [1.54, 1.807) is 0 Å². The lowest BCUT2D eigenvalue weighted by Crippen LogP contribution is -1.92. The molecule has 0 heteroatoms. The van der Waals surface area contributed by atoms with Gasteiger partial charge in [-0.1, -0.05) is 42.5 Å². The summed E-state index contributed by atoms with van der Waals surface area (Å²) >= 11 is 0. The van der Waals surface area contributed by atoms with Gasteiger partial charge in [0.1, 0.15) is 0 Å². The molecule has 0 spiro atoms. The zero-order valence-corrected chi connectivity index (χ0v) is 12.5. The number of rotatable bonds is 0. The minimum atomic E-state index is 0.756. The molecule has 0 bridgehead atoms. The van der Waals surface area contributed by atoms with Gasteiger partial charge in [0.15, 0.2) is 0 Å². The van der Waals surface area contributed by atoms with Gasteiger partial charge < -0.3 is 0 Å². The molecule has 2 aromatic carbocycles. The first-order chi connectivity index (χ1) is 9.63. The number of aryl methyl sites for hydroxylation is 2. The van der Waals surface area contributed by atoms with Crippen LogP contribution in [0.4, 0.5) is 0 Å². The highest BCUT2D eigenvalue weighted by atomic mass is 14.3. The van der Waals surface area contributed by atoms with Gasteiger partial charge >= 0.3 is 0 Å². The Hall–Kier alpha value is -2.00. The molecule has 2 aromatic rings.